The molecule has 0 aliphatic heterocycles. The van der Waals surface area contributed by atoms with Gasteiger partial charge in [0, 0.05) is 43.9 Å². The predicted octanol–water partition coefficient (Wildman–Crippen LogP) is 1.98. The van der Waals surface area contributed by atoms with Crippen molar-refractivity contribution in [3.05, 3.63) is 81.3 Å². The number of aliphatic hydroxyl groups is 1. The third-order valence-corrected chi connectivity index (χ3v) is 6.67. The molecule has 0 radical (unpaired) electrons. The van der Waals surface area contributed by atoms with Crippen LogP contribution in [-0.2, 0) is 16.6 Å². The maximum Gasteiger partial charge on any atom is 0.289 e. The third kappa shape index (κ3) is 4.40. The van der Waals surface area contributed by atoms with Crippen LogP contribution in [0.15, 0.2) is 70.5 Å². The first kappa shape index (κ1) is 21.6. The third-order valence-electron chi connectivity index (χ3n) is 4.72. The molecular weight excluding hydrogens is 410 g/mol. The number of hydrogen-bond donors (Lipinski definition) is 1. The molecule has 0 fully saturated rings. The lowest BCUT2D eigenvalue weighted by Gasteiger charge is -2.22. The molecule has 1 N–H and O–H groups in total. The first-order chi connectivity index (χ1) is 14.4. The summed E-state index contributed by atoms with van der Waals surface area (Å²) >= 11 is 0. The van der Waals surface area contributed by atoms with Crippen LogP contribution in [-0.4, -0.2) is 47.0 Å². The molecule has 3 rings (SSSR count). The van der Waals surface area contributed by atoms with Crippen LogP contribution in [0.1, 0.15) is 6.42 Å². The Labute approximate surface area is 173 Å². The average Bonchev–Trinajstić information content (AvgIpc) is 2.75. The molecule has 0 spiro atoms. The molecule has 0 unspecified atom stereocenters. The number of nitro benzene ring substituents is 1. The van der Waals surface area contributed by atoms with E-state index >= 15 is 0 Å². The van der Waals surface area contributed by atoms with E-state index in [0.717, 1.165) is 15.8 Å². The van der Waals surface area contributed by atoms with Crippen molar-refractivity contribution in [3.8, 4) is 0 Å². The van der Waals surface area contributed by atoms with E-state index in [9.17, 15) is 23.3 Å². The SMILES string of the molecule is O=c1c2ccccc2ccn1CCN(CCCO)S(=O)(=O)c1ccccc1[N+](=O)[O-]. The van der Waals surface area contributed by atoms with Crippen molar-refractivity contribution in [1.82, 2.24) is 8.87 Å². The first-order valence-electron chi connectivity index (χ1n) is 9.29. The monoisotopic (exact) mass is 431 g/mol. The van der Waals surface area contributed by atoms with Gasteiger partial charge >= 0.3 is 0 Å². The summed E-state index contributed by atoms with van der Waals surface area (Å²) < 4.78 is 28.7. The summed E-state index contributed by atoms with van der Waals surface area (Å²) in [6.45, 7) is -0.284. The van der Waals surface area contributed by atoms with Gasteiger partial charge in [-0.25, -0.2) is 8.42 Å². The van der Waals surface area contributed by atoms with Crippen molar-refractivity contribution in [2.75, 3.05) is 19.7 Å². The summed E-state index contributed by atoms with van der Waals surface area (Å²) in [6, 6.07) is 14.0. The molecule has 0 saturated carbocycles. The van der Waals surface area contributed by atoms with Gasteiger partial charge in [0.2, 0.25) is 10.0 Å². The predicted molar refractivity (Wildman–Crippen MR) is 112 cm³/mol. The van der Waals surface area contributed by atoms with Gasteiger partial charge in [-0.2, -0.15) is 4.31 Å². The van der Waals surface area contributed by atoms with Crippen molar-refractivity contribution in [2.45, 2.75) is 17.9 Å². The van der Waals surface area contributed by atoms with Crippen molar-refractivity contribution < 1.29 is 18.4 Å². The largest absolute Gasteiger partial charge is 0.396 e. The van der Waals surface area contributed by atoms with Gasteiger partial charge < -0.3 is 9.67 Å². The molecule has 0 bridgehead atoms. The zero-order valence-corrected chi connectivity index (χ0v) is 16.9. The van der Waals surface area contributed by atoms with E-state index in [2.05, 4.69) is 0 Å². The van der Waals surface area contributed by atoms with Crippen LogP contribution >= 0.6 is 0 Å². The van der Waals surface area contributed by atoms with Crippen molar-refractivity contribution in [3.63, 3.8) is 0 Å². The normalized spacial score (nSPS) is 11.8. The average molecular weight is 431 g/mol. The lowest BCUT2D eigenvalue weighted by Crippen LogP contribution is -2.37. The molecule has 1 heterocycles. The van der Waals surface area contributed by atoms with E-state index in [-0.39, 0.29) is 38.2 Å². The Balaban J connectivity index is 1.93. The molecule has 30 heavy (non-hydrogen) atoms. The van der Waals surface area contributed by atoms with Gasteiger partial charge in [-0.15, -0.1) is 0 Å². The summed E-state index contributed by atoms with van der Waals surface area (Å²) in [5, 5.41) is 21.7. The molecule has 2 aromatic carbocycles. The number of nitrogens with zero attached hydrogens (tertiary/aromatic N) is 3. The van der Waals surface area contributed by atoms with Crippen molar-refractivity contribution in [1.29, 1.82) is 0 Å². The molecule has 9 nitrogen and oxygen atoms in total. The second kappa shape index (κ2) is 9.16. The maximum atomic E-state index is 13.1. The summed E-state index contributed by atoms with van der Waals surface area (Å²) in [7, 11) is -4.21. The minimum absolute atomic E-state index is 0.0345. The number of sulfonamides is 1. The van der Waals surface area contributed by atoms with Crippen molar-refractivity contribution >= 4 is 26.5 Å². The van der Waals surface area contributed by atoms with Crippen molar-refractivity contribution in [2.24, 2.45) is 0 Å². The smallest absolute Gasteiger partial charge is 0.289 e. The zero-order valence-electron chi connectivity index (χ0n) is 16.0. The first-order valence-corrected chi connectivity index (χ1v) is 10.7. The van der Waals surface area contributed by atoms with E-state index in [1.54, 1.807) is 24.4 Å². The van der Waals surface area contributed by atoms with Crippen LogP contribution < -0.4 is 5.56 Å². The van der Waals surface area contributed by atoms with E-state index in [1.807, 2.05) is 12.1 Å². The lowest BCUT2D eigenvalue weighted by molar-refractivity contribution is -0.387. The maximum absolute atomic E-state index is 13.1. The van der Waals surface area contributed by atoms with E-state index in [4.69, 9.17) is 5.11 Å². The molecule has 3 aromatic rings. The van der Waals surface area contributed by atoms with Gasteiger partial charge in [-0.05, 0) is 30.0 Å². The number of pyridine rings is 1. The summed E-state index contributed by atoms with van der Waals surface area (Å²) in [5.74, 6) is 0. The molecule has 0 atom stereocenters. The van der Waals surface area contributed by atoms with E-state index in [0.29, 0.717) is 5.39 Å². The highest BCUT2D eigenvalue weighted by molar-refractivity contribution is 7.89. The second-order valence-electron chi connectivity index (χ2n) is 6.61. The Bertz CT molecular complexity index is 1220. The van der Waals surface area contributed by atoms with Gasteiger partial charge in [0.05, 0.1) is 4.92 Å². The van der Waals surface area contributed by atoms with Crippen LogP contribution in [0.4, 0.5) is 5.69 Å². The molecule has 158 valence electrons. The van der Waals surface area contributed by atoms with Crippen LogP contribution in [0.25, 0.3) is 10.8 Å². The fourth-order valence-corrected chi connectivity index (χ4v) is 4.82. The second-order valence-corrected chi connectivity index (χ2v) is 8.51. The van der Waals surface area contributed by atoms with Gasteiger partial charge in [-0.1, -0.05) is 30.3 Å². The number of fused-ring (bicyclic) bond motifs is 1. The zero-order chi connectivity index (χ0) is 21.7. The highest BCUT2D eigenvalue weighted by atomic mass is 32.2. The molecular formula is C20H21N3O6S. The Kier molecular flexibility index (Phi) is 6.60. The van der Waals surface area contributed by atoms with Crippen LogP contribution in [0.2, 0.25) is 0 Å². The van der Waals surface area contributed by atoms with Crippen LogP contribution in [0.5, 0.6) is 0 Å². The fraction of sp³-hybridized carbons (Fsp3) is 0.250. The summed E-state index contributed by atoms with van der Waals surface area (Å²) in [4.78, 5) is 22.8. The topological polar surface area (TPSA) is 123 Å². The molecule has 0 aliphatic carbocycles. The van der Waals surface area contributed by atoms with Gasteiger partial charge in [0.1, 0.15) is 0 Å². The number of benzene rings is 2. The molecule has 0 amide bonds. The number of hydrogen-bond acceptors (Lipinski definition) is 6. The highest BCUT2D eigenvalue weighted by Crippen LogP contribution is 2.26. The van der Waals surface area contributed by atoms with Gasteiger partial charge in [0.25, 0.3) is 11.2 Å². The molecule has 0 saturated heterocycles. The minimum Gasteiger partial charge on any atom is -0.396 e. The van der Waals surface area contributed by atoms with Gasteiger partial charge in [0.15, 0.2) is 4.90 Å². The number of para-hydroxylation sites is 1. The van der Waals surface area contributed by atoms with Crippen LogP contribution in [0, 0.1) is 10.1 Å². The molecule has 1 aromatic heterocycles. The number of aliphatic hydroxyl groups excluding tert-OH is 1. The molecule has 0 aliphatic rings. The standard InChI is InChI=1S/C20H21N3O6S/c24-15-5-11-22(30(28,29)19-9-4-3-8-18(19)23(26)27)14-13-21-12-10-16-6-1-2-7-17(16)20(21)25/h1-4,6-10,12,24H,5,11,13-15H2. The lowest BCUT2D eigenvalue weighted by atomic mass is 10.2. The van der Waals surface area contributed by atoms with E-state index < -0.39 is 25.5 Å². The Morgan fingerprint density at radius 2 is 1.73 bits per heavy atom. The van der Waals surface area contributed by atoms with Gasteiger partial charge in [-0.3, -0.25) is 14.9 Å². The Morgan fingerprint density at radius 3 is 2.47 bits per heavy atom. The number of nitro groups is 1. The molecule has 10 heteroatoms. The number of rotatable bonds is 9. The number of aromatic nitrogens is 1. The quantitative estimate of drug-likeness (QED) is 0.408. The summed E-state index contributed by atoms with van der Waals surface area (Å²) in [5.41, 5.74) is -0.771. The Hall–Kier alpha value is -3.08. The van der Waals surface area contributed by atoms with Crippen LogP contribution in [0.3, 0.4) is 0 Å². The highest BCUT2D eigenvalue weighted by Gasteiger charge is 2.31. The van der Waals surface area contributed by atoms with E-state index in [1.165, 1.54) is 22.8 Å². The minimum atomic E-state index is -4.21. The fourth-order valence-electron chi connectivity index (χ4n) is 3.19. The summed E-state index contributed by atoms with van der Waals surface area (Å²) in [6.07, 6.45) is 1.75. The Morgan fingerprint density at radius 1 is 1.03 bits per heavy atom.